The number of nitrogens with one attached hydrogen (secondary N) is 1. The third kappa shape index (κ3) is 3.86. The van der Waals surface area contributed by atoms with Crippen molar-refractivity contribution in [1.82, 2.24) is 5.32 Å². The minimum absolute atomic E-state index is 0.184. The van der Waals surface area contributed by atoms with Crippen LogP contribution in [0.2, 0.25) is 0 Å². The Morgan fingerprint density at radius 3 is 2.77 bits per heavy atom. The monoisotopic (exact) mass is 373 g/mol. The fourth-order valence-corrected chi connectivity index (χ4v) is 3.90. The van der Waals surface area contributed by atoms with Gasteiger partial charge in [-0.25, -0.2) is 4.39 Å². The maximum atomic E-state index is 14.2. The van der Waals surface area contributed by atoms with Crippen LogP contribution >= 0.6 is 11.3 Å². The number of carbonyl (C=O) groups is 1. The van der Waals surface area contributed by atoms with E-state index in [1.165, 1.54) is 24.5 Å². The lowest BCUT2D eigenvalue weighted by atomic mass is 10.1. The van der Waals surface area contributed by atoms with Crippen molar-refractivity contribution in [2.24, 2.45) is 0 Å². The molecule has 136 valence electrons. The number of rotatable bonds is 7. The molecule has 6 heteroatoms. The molecule has 0 aliphatic heterocycles. The molecule has 0 saturated heterocycles. The first-order valence-corrected chi connectivity index (χ1v) is 9.09. The summed E-state index contributed by atoms with van der Waals surface area (Å²) in [7, 11) is 1.53. The highest BCUT2D eigenvalue weighted by Gasteiger charge is 2.20. The molecule has 0 radical (unpaired) electrons. The van der Waals surface area contributed by atoms with Crippen LogP contribution in [0.4, 0.5) is 4.39 Å². The van der Waals surface area contributed by atoms with E-state index >= 15 is 0 Å². The van der Waals surface area contributed by atoms with Gasteiger partial charge in [-0.05, 0) is 30.7 Å². The van der Waals surface area contributed by atoms with Gasteiger partial charge in [-0.15, -0.1) is 11.3 Å². The van der Waals surface area contributed by atoms with Gasteiger partial charge in [-0.1, -0.05) is 24.3 Å². The number of carbonyl (C=O) groups excluding carboxylic acids is 1. The zero-order valence-electron chi connectivity index (χ0n) is 14.7. The summed E-state index contributed by atoms with van der Waals surface area (Å²) in [6.45, 7) is 2.87. The summed E-state index contributed by atoms with van der Waals surface area (Å²) in [6.07, 6.45) is 0. The third-order valence-corrected chi connectivity index (χ3v) is 5.19. The number of hydrogen-bond acceptors (Lipinski definition) is 4. The molecule has 1 N–H and O–H groups in total. The number of amides is 1. The quantitative estimate of drug-likeness (QED) is 0.628. The van der Waals surface area contributed by atoms with Crippen molar-refractivity contribution in [2.45, 2.75) is 13.5 Å². The van der Waals surface area contributed by atoms with Gasteiger partial charge in [0.15, 0.2) is 0 Å². The molecular formula is C20H20FNO3S. The van der Waals surface area contributed by atoms with Gasteiger partial charge < -0.3 is 14.8 Å². The Morgan fingerprint density at radius 2 is 2.00 bits per heavy atom. The van der Waals surface area contributed by atoms with E-state index in [9.17, 15) is 9.18 Å². The molecule has 0 bridgehead atoms. The minimum atomic E-state index is -0.340. The van der Waals surface area contributed by atoms with Crippen LogP contribution < -0.4 is 10.1 Å². The Balaban J connectivity index is 1.69. The second-order valence-corrected chi connectivity index (χ2v) is 6.88. The first kappa shape index (κ1) is 18.4. The molecule has 1 aromatic heterocycles. The molecule has 26 heavy (non-hydrogen) atoms. The van der Waals surface area contributed by atoms with Gasteiger partial charge in [-0.3, -0.25) is 4.79 Å². The normalized spacial score (nSPS) is 10.9. The average Bonchev–Trinajstić information content (AvgIpc) is 3.00. The fourth-order valence-electron chi connectivity index (χ4n) is 2.76. The molecule has 0 aliphatic carbocycles. The van der Waals surface area contributed by atoms with Crippen LogP contribution in [0.3, 0.4) is 0 Å². The Hall–Kier alpha value is -2.44. The van der Waals surface area contributed by atoms with Crippen LogP contribution in [0.25, 0.3) is 10.1 Å². The van der Waals surface area contributed by atoms with Crippen molar-refractivity contribution in [3.63, 3.8) is 0 Å². The summed E-state index contributed by atoms with van der Waals surface area (Å²) >= 11 is 1.27. The van der Waals surface area contributed by atoms with Gasteiger partial charge in [0.25, 0.3) is 5.91 Å². The fraction of sp³-hybridized carbons (Fsp3) is 0.250. The molecule has 0 fully saturated rings. The summed E-state index contributed by atoms with van der Waals surface area (Å²) in [6, 6.07) is 12.6. The Bertz CT molecular complexity index is 923. The zero-order chi connectivity index (χ0) is 18.5. The molecule has 1 heterocycles. The molecule has 3 rings (SSSR count). The number of para-hydroxylation sites is 1. The highest BCUT2D eigenvalue weighted by atomic mass is 32.1. The summed E-state index contributed by atoms with van der Waals surface area (Å²) in [5.74, 6) is 0.213. The van der Waals surface area contributed by atoms with Crippen molar-refractivity contribution >= 4 is 27.3 Å². The SMILES string of the molecule is COCc1c(C(=O)NCCOc2ccccc2C)sc2cccc(F)c12. The predicted octanol–water partition coefficient (Wildman–Crippen LogP) is 4.30. The molecule has 0 spiro atoms. The molecule has 1 amide bonds. The second-order valence-electron chi connectivity index (χ2n) is 5.83. The summed E-state index contributed by atoms with van der Waals surface area (Å²) < 4.78 is 25.8. The Kier molecular flexibility index (Phi) is 5.85. The van der Waals surface area contributed by atoms with Crippen LogP contribution in [0.1, 0.15) is 20.8 Å². The zero-order valence-corrected chi connectivity index (χ0v) is 15.5. The number of halogens is 1. The van der Waals surface area contributed by atoms with Crippen LogP contribution in [0.15, 0.2) is 42.5 Å². The van der Waals surface area contributed by atoms with Gasteiger partial charge in [0.1, 0.15) is 18.2 Å². The standard InChI is InChI=1S/C20H20FNO3S/c1-13-6-3-4-8-16(13)25-11-10-22-20(23)19-14(12-24-2)18-15(21)7-5-9-17(18)26-19/h3-9H,10-12H2,1-2H3,(H,22,23). The van der Waals surface area contributed by atoms with E-state index in [0.717, 1.165) is 16.0 Å². The first-order chi connectivity index (χ1) is 12.6. The lowest BCUT2D eigenvalue weighted by molar-refractivity contribution is 0.0947. The molecule has 0 saturated carbocycles. The van der Waals surface area contributed by atoms with Crippen LogP contribution in [-0.4, -0.2) is 26.2 Å². The van der Waals surface area contributed by atoms with E-state index in [0.29, 0.717) is 29.0 Å². The summed E-state index contributed by atoms with van der Waals surface area (Å²) in [5.41, 5.74) is 1.63. The van der Waals surface area contributed by atoms with E-state index < -0.39 is 0 Å². The van der Waals surface area contributed by atoms with E-state index in [1.807, 2.05) is 31.2 Å². The molecule has 4 nitrogen and oxygen atoms in total. The van der Waals surface area contributed by atoms with E-state index in [1.54, 1.807) is 12.1 Å². The topological polar surface area (TPSA) is 47.6 Å². The van der Waals surface area contributed by atoms with E-state index in [4.69, 9.17) is 9.47 Å². The molecule has 2 aromatic carbocycles. The van der Waals surface area contributed by atoms with Crippen LogP contribution in [0.5, 0.6) is 5.75 Å². The number of methoxy groups -OCH3 is 1. The van der Waals surface area contributed by atoms with E-state index in [-0.39, 0.29) is 18.3 Å². The van der Waals surface area contributed by atoms with Crippen LogP contribution in [0, 0.1) is 12.7 Å². The van der Waals surface area contributed by atoms with Gasteiger partial charge in [0, 0.05) is 22.8 Å². The maximum Gasteiger partial charge on any atom is 0.261 e. The Morgan fingerprint density at radius 1 is 1.19 bits per heavy atom. The highest BCUT2D eigenvalue weighted by molar-refractivity contribution is 7.21. The van der Waals surface area contributed by atoms with Crippen LogP contribution in [-0.2, 0) is 11.3 Å². The number of benzene rings is 2. The largest absolute Gasteiger partial charge is 0.491 e. The van der Waals surface area contributed by atoms with Gasteiger partial charge >= 0.3 is 0 Å². The van der Waals surface area contributed by atoms with Crippen molar-refractivity contribution in [3.8, 4) is 5.75 Å². The number of fused-ring (bicyclic) bond motifs is 1. The highest BCUT2D eigenvalue weighted by Crippen LogP contribution is 2.33. The summed E-state index contributed by atoms with van der Waals surface area (Å²) in [4.78, 5) is 13.0. The van der Waals surface area contributed by atoms with Gasteiger partial charge in [0.2, 0.25) is 0 Å². The maximum absolute atomic E-state index is 14.2. The second kappa shape index (κ2) is 8.29. The lowest BCUT2D eigenvalue weighted by Gasteiger charge is -2.10. The lowest BCUT2D eigenvalue weighted by Crippen LogP contribution is -2.28. The molecule has 0 unspecified atom stereocenters. The van der Waals surface area contributed by atoms with Crippen molar-refractivity contribution in [3.05, 3.63) is 64.3 Å². The molecule has 0 atom stereocenters. The number of hydrogen-bond donors (Lipinski definition) is 1. The molecular weight excluding hydrogens is 353 g/mol. The van der Waals surface area contributed by atoms with Gasteiger partial charge in [0.05, 0.1) is 18.0 Å². The van der Waals surface area contributed by atoms with Gasteiger partial charge in [-0.2, -0.15) is 0 Å². The van der Waals surface area contributed by atoms with Crippen molar-refractivity contribution in [1.29, 1.82) is 0 Å². The number of ether oxygens (including phenoxy) is 2. The predicted molar refractivity (Wildman–Crippen MR) is 102 cm³/mol. The smallest absolute Gasteiger partial charge is 0.261 e. The average molecular weight is 373 g/mol. The molecule has 3 aromatic rings. The minimum Gasteiger partial charge on any atom is -0.491 e. The summed E-state index contributed by atoms with van der Waals surface area (Å²) in [5, 5.41) is 3.30. The third-order valence-electron chi connectivity index (χ3n) is 4.00. The van der Waals surface area contributed by atoms with E-state index in [2.05, 4.69) is 5.32 Å². The first-order valence-electron chi connectivity index (χ1n) is 8.27. The van der Waals surface area contributed by atoms with Crippen molar-refractivity contribution in [2.75, 3.05) is 20.3 Å². The van der Waals surface area contributed by atoms with Crippen molar-refractivity contribution < 1.29 is 18.7 Å². The molecule has 0 aliphatic rings. The Labute approximate surface area is 155 Å². The number of thiophene rings is 1. The number of aryl methyl sites for hydroxylation is 1.